The molecule has 0 aliphatic carbocycles. The van der Waals surface area contributed by atoms with Gasteiger partial charge >= 0.3 is 6.09 Å². The highest BCUT2D eigenvalue weighted by Crippen LogP contribution is 2.30. The summed E-state index contributed by atoms with van der Waals surface area (Å²) in [6.45, 7) is 3.55. The lowest BCUT2D eigenvalue weighted by Gasteiger charge is -2.22. The Morgan fingerprint density at radius 2 is 2.00 bits per heavy atom. The molecule has 2 aromatic rings. The van der Waals surface area contributed by atoms with Crippen molar-refractivity contribution in [2.24, 2.45) is 5.73 Å². The van der Waals surface area contributed by atoms with Crippen LogP contribution in [0.1, 0.15) is 18.9 Å². The molecule has 0 aliphatic rings. The van der Waals surface area contributed by atoms with Crippen molar-refractivity contribution in [1.29, 1.82) is 0 Å². The molecule has 4 N–H and O–H groups in total. The maximum Gasteiger partial charge on any atom is 0.405 e. The normalized spacial score (nSPS) is 11.1. The quantitative estimate of drug-likeness (QED) is 0.827. The van der Waals surface area contributed by atoms with E-state index in [0.29, 0.717) is 22.9 Å². The van der Waals surface area contributed by atoms with Gasteiger partial charge in [0, 0.05) is 12.1 Å². The van der Waals surface area contributed by atoms with Gasteiger partial charge in [0.1, 0.15) is 16.4 Å². The molecule has 0 saturated carbocycles. The van der Waals surface area contributed by atoms with Gasteiger partial charge in [-0.3, -0.25) is 0 Å². The van der Waals surface area contributed by atoms with Crippen LogP contribution < -0.4 is 16.2 Å². The Balaban J connectivity index is 2.01. The second-order valence-corrected chi connectivity index (χ2v) is 6.18. The first-order valence-electron chi connectivity index (χ1n) is 6.31. The Morgan fingerprint density at radius 3 is 2.62 bits per heavy atom. The maximum atomic E-state index is 10.8. The number of rotatable bonds is 5. The summed E-state index contributed by atoms with van der Waals surface area (Å²) < 4.78 is 10.7. The molecular formula is C14H17N3O3S. The van der Waals surface area contributed by atoms with Crippen molar-refractivity contribution in [2.45, 2.75) is 25.9 Å². The number of hydrogen-bond acceptors (Lipinski definition) is 6. The molecule has 0 spiro atoms. The average molecular weight is 307 g/mol. The molecule has 0 aliphatic heterocycles. The molecule has 1 amide bonds. The number of nitrogens with two attached hydrogens (primary N) is 2. The number of benzene rings is 1. The lowest BCUT2D eigenvalue weighted by molar-refractivity contribution is 0.0460. The largest absolute Gasteiger partial charge is 0.445 e. The molecule has 2 rings (SSSR count). The Morgan fingerprint density at radius 1 is 1.33 bits per heavy atom. The van der Waals surface area contributed by atoms with Crippen LogP contribution in [0.15, 0.2) is 30.5 Å². The molecule has 0 saturated heterocycles. The molecule has 0 unspecified atom stereocenters. The number of ether oxygens (including phenoxy) is 2. The highest BCUT2D eigenvalue weighted by atomic mass is 32.1. The van der Waals surface area contributed by atoms with E-state index in [1.54, 1.807) is 44.3 Å². The number of thiazole rings is 1. The van der Waals surface area contributed by atoms with E-state index < -0.39 is 11.7 Å². The van der Waals surface area contributed by atoms with Gasteiger partial charge in [0.15, 0.2) is 0 Å². The monoisotopic (exact) mass is 307 g/mol. The SMILES string of the molecule is CC(C)(Cc1ncc(Oc2ccc(N)cc2)s1)OC(N)=O. The van der Waals surface area contributed by atoms with Crippen LogP contribution in [0, 0.1) is 0 Å². The van der Waals surface area contributed by atoms with Crippen LogP contribution in [0.2, 0.25) is 0 Å². The van der Waals surface area contributed by atoms with E-state index in [4.69, 9.17) is 20.9 Å². The van der Waals surface area contributed by atoms with Gasteiger partial charge in [-0.15, -0.1) is 0 Å². The van der Waals surface area contributed by atoms with Gasteiger partial charge < -0.3 is 20.9 Å². The van der Waals surface area contributed by atoms with E-state index in [0.717, 1.165) is 5.01 Å². The summed E-state index contributed by atoms with van der Waals surface area (Å²) in [7, 11) is 0. The Bertz CT molecular complexity index is 623. The van der Waals surface area contributed by atoms with Crippen LogP contribution in [-0.4, -0.2) is 16.7 Å². The number of anilines is 1. The van der Waals surface area contributed by atoms with Crippen LogP contribution in [0.3, 0.4) is 0 Å². The molecule has 7 heteroatoms. The van der Waals surface area contributed by atoms with Crippen molar-refractivity contribution >= 4 is 23.1 Å². The summed E-state index contributed by atoms with van der Waals surface area (Å²) in [6.07, 6.45) is 1.30. The minimum Gasteiger partial charge on any atom is -0.445 e. The topological polar surface area (TPSA) is 100 Å². The highest BCUT2D eigenvalue weighted by Gasteiger charge is 2.24. The minimum absolute atomic E-state index is 0.464. The smallest absolute Gasteiger partial charge is 0.405 e. The summed E-state index contributed by atoms with van der Waals surface area (Å²) in [4.78, 5) is 15.1. The van der Waals surface area contributed by atoms with Gasteiger partial charge in [-0.2, -0.15) is 0 Å². The number of aromatic nitrogens is 1. The van der Waals surface area contributed by atoms with Crippen LogP contribution in [0.4, 0.5) is 10.5 Å². The number of carbonyl (C=O) groups is 1. The predicted octanol–water partition coefficient (Wildman–Crippen LogP) is 2.93. The summed E-state index contributed by atoms with van der Waals surface area (Å²) in [5.74, 6) is 0.687. The van der Waals surface area contributed by atoms with E-state index in [-0.39, 0.29) is 0 Å². The predicted molar refractivity (Wildman–Crippen MR) is 81.5 cm³/mol. The number of hydrogen-bond donors (Lipinski definition) is 2. The number of nitrogens with zero attached hydrogens (tertiary/aromatic N) is 1. The third kappa shape index (κ3) is 4.64. The van der Waals surface area contributed by atoms with Crippen LogP contribution in [0.25, 0.3) is 0 Å². The van der Waals surface area contributed by atoms with Crippen molar-refractivity contribution in [3.63, 3.8) is 0 Å². The molecule has 0 fully saturated rings. The first-order valence-corrected chi connectivity index (χ1v) is 7.12. The van der Waals surface area contributed by atoms with Crippen molar-refractivity contribution in [3.8, 4) is 10.8 Å². The minimum atomic E-state index is -0.796. The number of primary amides is 1. The Kier molecular flexibility index (Phi) is 4.32. The maximum absolute atomic E-state index is 10.8. The first-order chi connectivity index (χ1) is 9.84. The average Bonchev–Trinajstić information content (AvgIpc) is 2.77. The third-order valence-electron chi connectivity index (χ3n) is 2.58. The van der Waals surface area contributed by atoms with Crippen molar-refractivity contribution < 1.29 is 14.3 Å². The third-order valence-corrected chi connectivity index (χ3v) is 3.46. The van der Waals surface area contributed by atoms with E-state index in [1.165, 1.54) is 11.3 Å². The Labute approximate surface area is 126 Å². The van der Waals surface area contributed by atoms with Crippen molar-refractivity contribution in [2.75, 3.05) is 5.73 Å². The number of carbonyl (C=O) groups excluding carboxylic acids is 1. The second-order valence-electron chi connectivity index (χ2n) is 5.10. The van der Waals surface area contributed by atoms with Gasteiger partial charge in [0.25, 0.3) is 0 Å². The zero-order valence-electron chi connectivity index (χ0n) is 11.8. The van der Waals surface area contributed by atoms with Gasteiger partial charge in [-0.25, -0.2) is 9.78 Å². The fourth-order valence-electron chi connectivity index (χ4n) is 1.75. The molecular weight excluding hydrogens is 290 g/mol. The molecule has 1 aromatic heterocycles. The highest BCUT2D eigenvalue weighted by molar-refractivity contribution is 7.13. The molecule has 1 heterocycles. The molecule has 112 valence electrons. The van der Waals surface area contributed by atoms with Gasteiger partial charge in [-0.1, -0.05) is 11.3 Å². The van der Waals surface area contributed by atoms with Crippen LogP contribution in [-0.2, 0) is 11.2 Å². The van der Waals surface area contributed by atoms with Gasteiger partial charge in [-0.05, 0) is 38.1 Å². The van der Waals surface area contributed by atoms with E-state index in [1.807, 2.05) is 0 Å². The lowest BCUT2D eigenvalue weighted by atomic mass is 10.1. The van der Waals surface area contributed by atoms with E-state index in [9.17, 15) is 4.79 Å². The standard InChI is InChI=1S/C14H17N3O3S/c1-14(2,20-13(16)18)7-11-17-8-12(21-11)19-10-5-3-9(15)4-6-10/h3-6,8H,7,15H2,1-2H3,(H2,16,18). The van der Waals surface area contributed by atoms with Crippen LogP contribution in [0.5, 0.6) is 10.8 Å². The van der Waals surface area contributed by atoms with E-state index in [2.05, 4.69) is 4.98 Å². The van der Waals surface area contributed by atoms with Crippen molar-refractivity contribution in [1.82, 2.24) is 4.98 Å². The Hall–Kier alpha value is -2.28. The fraction of sp³-hybridized carbons (Fsp3) is 0.286. The summed E-state index contributed by atoms with van der Waals surface area (Å²) in [6, 6.07) is 7.10. The summed E-state index contributed by atoms with van der Waals surface area (Å²) >= 11 is 1.39. The number of amides is 1. The van der Waals surface area contributed by atoms with Crippen LogP contribution >= 0.6 is 11.3 Å². The van der Waals surface area contributed by atoms with E-state index >= 15 is 0 Å². The van der Waals surface area contributed by atoms with Crippen molar-refractivity contribution in [3.05, 3.63) is 35.5 Å². The number of nitrogen functional groups attached to an aromatic ring is 1. The van der Waals surface area contributed by atoms with Gasteiger partial charge in [0.2, 0.25) is 5.06 Å². The molecule has 6 nitrogen and oxygen atoms in total. The summed E-state index contributed by atoms with van der Waals surface area (Å²) in [5.41, 5.74) is 10.6. The zero-order chi connectivity index (χ0) is 15.5. The second kappa shape index (κ2) is 6.01. The molecule has 0 bridgehead atoms. The van der Waals surface area contributed by atoms with Gasteiger partial charge in [0.05, 0.1) is 6.20 Å². The molecule has 21 heavy (non-hydrogen) atoms. The lowest BCUT2D eigenvalue weighted by Crippen LogP contribution is -2.33. The molecule has 0 radical (unpaired) electrons. The molecule has 0 atom stereocenters. The first kappa shape index (κ1) is 15.1. The molecule has 1 aromatic carbocycles. The summed E-state index contributed by atoms with van der Waals surface area (Å²) in [5, 5.41) is 1.45. The zero-order valence-corrected chi connectivity index (χ0v) is 12.6. The fourth-order valence-corrected chi connectivity index (χ4v) is 2.75.